The number of thioether (sulfide) groups is 1. The summed E-state index contributed by atoms with van der Waals surface area (Å²) >= 11 is 3.91. The summed E-state index contributed by atoms with van der Waals surface area (Å²) in [5.41, 5.74) is 0.427. The minimum absolute atomic E-state index is 0.427. The Morgan fingerprint density at radius 2 is 2.35 bits per heavy atom. The van der Waals surface area contributed by atoms with E-state index in [4.69, 9.17) is 0 Å². The van der Waals surface area contributed by atoms with Crippen molar-refractivity contribution in [2.75, 3.05) is 11.5 Å². The van der Waals surface area contributed by atoms with E-state index in [2.05, 4.69) is 42.8 Å². The average Bonchev–Trinajstić information content (AvgIpc) is 2.75. The number of aryl methyl sites for hydroxylation is 1. The topological polar surface area (TPSA) is 24.9 Å². The van der Waals surface area contributed by atoms with E-state index in [0.717, 1.165) is 13.0 Å². The van der Waals surface area contributed by atoms with Crippen molar-refractivity contribution in [3.05, 3.63) is 16.1 Å². The third kappa shape index (κ3) is 3.46. The van der Waals surface area contributed by atoms with E-state index in [1.807, 2.05) is 17.5 Å². The van der Waals surface area contributed by atoms with Crippen LogP contribution in [0.3, 0.4) is 0 Å². The molecule has 1 aliphatic heterocycles. The van der Waals surface area contributed by atoms with Crippen LogP contribution in [0.15, 0.2) is 6.20 Å². The van der Waals surface area contributed by atoms with Gasteiger partial charge in [-0.3, -0.25) is 0 Å². The van der Waals surface area contributed by atoms with Crippen LogP contribution in [0.1, 0.15) is 37.1 Å². The van der Waals surface area contributed by atoms with Crippen LogP contribution >= 0.6 is 23.1 Å². The van der Waals surface area contributed by atoms with Gasteiger partial charge in [-0.1, -0.05) is 20.8 Å². The Kier molecular flexibility index (Phi) is 4.50. The average molecular weight is 270 g/mol. The van der Waals surface area contributed by atoms with Gasteiger partial charge in [0, 0.05) is 29.4 Å². The molecule has 1 unspecified atom stereocenters. The number of nitrogens with one attached hydrogen (secondary N) is 1. The molecule has 0 spiro atoms. The number of aromatic nitrogens is 1. The fraction of sp³-hybridized carbons (Fsp3) is 0.769. The molecule has 2 heterocycles. The van der Waals surface area contributed by atoms with Gasteiger partial charge in [-0.15, -0.1) is 11.3 Å². The predicted molar refractivity (Wildman–Crippen MR) is 77.8 cm³/mol. The van der Waals surface area contributed by atoms with E-state index in [1.54, 1.807) is 0 Å². The Balaban J connectivity index is 1.88. The van der Waals surface area contributed by atoms with Gasteiger partial charge in [0.05, 0.1) is 0 Å². The van der Waals surface area contributed by atoms with Crippen molar-refractivity contribution in [3.63, 3.8) is 0 Å². The summed E-state index contributed by atoms with van der Waals surface area (Å²) < 4.78 is 0. The van der Waals surface area contributed by atoms with Gasteiger partial charge in [-0.05, 0) is 24.0 Å². The molecular formula is C13H22N2S2. The largest absolute Gasteiger partial charge is 0.306 e. The van der Waals surface area contributed by atoms with Gasteiger partial charge in [0.15, 0.2) is 0 Å². The summed E-state index contributed by atoms with van der Waals surface area (Å²) in [4.78, 5) is 5.86. The van der Waals surface area contributed by atoms with Gasteiger partial charge in [-0.25, -0.2) is 4.98 Å². The van der Waals surface area contributed by atoms with Crippen LogP contribution in [-0.4, -0.2) is 22.5 Å². The van der Waals surface area contributed by atoms with Crippen molar-refractivity contribution in [1.82, 2.24) is 10.3 Å². The first kappa shape index (κ1) is 13.4. The molecule has 1 aromatic rings. The molecule has 96 valence electrons. The van der Waals surface area contributed by atoms with Gasteiger partial charge in [0.2, 0.25) is 0 Å². The molecule has 1 aliphatic rings. The second-order valence-electron chi connectivity index (χ2n) is 5.32. The molecule has 1 atom stereocenters. The second kappa shape index (κ2) is 5.72. The van der Waals surface area contributed by atoms with E-state index < -0.39 is 0 Å². The van der Waals surface area contributed by atoms with Crippen LogP contribution in [-0.2, 0) is 13.0 Å². The maximum absolute atomic E-state index is 4.47. The molecule has 1 saturated heterocycles. The fourth-order valence-corrected chi connectivity index (χ4v) is 4.53. The Hall–Kier alpha value is -0.0600. The Labute approximate surface area is 113 Å². The third-order valence-corrected chi connectivity index (χ3v) is 5.77. The molecule has 4 heteroatoms. The number of hydrogen-bond acceptors (Lipinski definition) is 4. The number of hydrogen-bond donors (Lipinski definition) is 1. The molecule has 0 saturated carbocycles. The van der Waals surface area contributed by atoms with Crippen molar-refractivity contribution in [3.8, 4) is 0 Å². The van der Waals surface area contributed by atoms with Gasteiger partial charge in [-0.2, -0.15) is 11.8 Å². The molecule has 1 fully saturated rings. The number of nitrogens with zero attached hydrogens (tertiary/aromatic N) is 1. The van der Waals surface area contributed by atoms with Crippen LogP contribution in [0.2, 0.25) is 0 Å². The lowest BCUT2D eigenvalue weighted by Gasteiger charge is -2.38. The molecule has 1 aromatic heterocycles. The maximum Gasteiger partial charge on any atom is 0.107 e. The summed E-state index contributed by atoms with van der Waals surface area (Å²) in [6.07, 6.45) is 4.43. The first-order valence-electron chi connectivity index (χ1n) is 6.36. The maximum atomic E-state index is 4.47. The third-order valence-electron chi connectivity index (χ3n) is 3.57. The van der Waals surface area contributed by atoms with E-state index in [1.165, 1.54) is 27.8 Å². The van der Waals surface area contributed by atoms with Crippen molar-refractivity contribution in [2.45, 2.75) is 46.2 Å². The smallest absolute Gasteiger partial charge is 0.107 e. The molecule has 0 bridgehead atoms. The quantitative estimate of drug-likeness (QED) is 0.908. The fourth-order valence-electron chi connectivity index (χ4n) is 2.08. The SMILES string of the molecule is CCc1cnc(CNC2CSCCC2(C)C)s1. The summed E-state index contributed by atoms with van der Waals surface area (Å²) in [6, 6.07) is 0.621. The van der Waals surface area contributed by atoms with Gasteiger partial charge < -0.3 is 5.32 Å². The van der Waals surface area contributed by atoms with E-state index in [-0.39, 0.29) is 0 Å². The summed E-state index contributed by atoms with van der Waals surface area (Å²) in [5.74, 6) is 2.54. The molecule has 1 N–H and O–H groups in total. The predicted octanol–water partition coefficient (Wildman–Crippen LogP) is 3.33. The lowest BCUT2D eigenvalue weighted by atomic mass is 9.82. The van der Waals surface area contributed by atoms with E-state index >= 15 is 0 Å². The summed E-state index contributed by atoms with van der Waals surface area (Å²) in [6.45, 7) is 7.87. The highest BCUT2D eigenvalue weighted by atomic mass is 32.2. The lowest BCUT2D eigenvalue weighted by Crippen LogP contribution is -2.46. The highest BCUT2D eigenvalue weighted by Gasteiger charge is 2.32. The van der Waals surface area contributed by atoms with Gasteiger partial charge >= 0.3 is 0 Å². The first-order valence-corrected chi connectivity index (χ1v) is 8.33. The lowest BCUT2D eigenvalue weighted by molar-refractivity contribution is 0.245. The zero-order chi connectivity index (χ0) is 12.3. The summed E-state index contributed by atoms with van der Waals surface area (Å²) in [7, 11) is 0. The normalized spacial score (nSPS) is 23.8. The standard InChI is InChI=1S/C13H22N2S2/c1-4-10-7-15-12(17-10)8-14-11-9-16-6-5-13(11,2)3/h7,11,14H,4-6,8-9H2,1-3H3. The first-order chi connectivity index (χ1) is 8.12. The zero-order valence-electron chi connectivity index (χ0n) is 11.0. The van der Waals surface area contributed by atoms with Crippen LogP contribution < -0.4 is 5.32 Å². The van der Waals surface area contributed by atoms with Crippen molar-refractivity contribution >= 4 is 23.1 Å². The monoisotopic (exact) mass is 270 g/mol. The summed E-state index contributed by atoms with van der Waals surface area (Å²) in [5, 5.41) is 4.92. The number of rotatable bonds is 4. The van der Waals surface area contributed by atoms with Crippen molar-refractivity contribution in [1.29, 1.82) is 0 Å². The van der Waals surface area contributed by atoms with E-state index in [0.29, 0.717) is 11.5 Å². The molecule has 2 rings (SSSR count). The van der Waals surface area contributed by atoms with Crippen LogP contribution in [0.4, 0.5) is 0 Å². The van der Waals surface area contributed by atoms with Crippen LogP contribution in [0.25, 0.3) is 0 Å². The van der Waals surface area contributed by atoms with Crippen molar-refractivity contribution in [2.24, 2.45) is 5.41 Å². The Morgan fingerprint density at radius 3 is 3.00 bits per heavy atom. The highest BCUT2D eigenvalue weighted by molar-refractivity contribution is 7.99. The van der Waals surface area contributed by atoms with Gasteiger partial charge in [0.1, 0.15) is 5.01 Å². The molecule has 0 aliphatic carbocycles. The van der Waals surface area contributed by atoms with E-state index in [9.17, 15) is 0 Å². The zero-order valence-corrected chi connectivity index (χ0v) is 12.6. The molecule has 2 nitrogen and oxygen atoms in total. The van der Waals surface area contributed by atoms with Crippen LogP contribution in [0.5, 0.6) is 0 Å². The molecular weight excluding hydrogens is 248 g/mol. The Morgan fingerprint density at radius 1 is 1.53 bits per heavy atom. The Bertz CT molecular complexity index is 360. The molecule has 17 heavy (non-hydrogen) atoms. The minimum atomic E-state index is 0.427. The minimum Gasteiger partial charge on any atom is -0.306 e. The van der Waals surface area contributed by atoms with Crippen molar-refractivity contribution < 1.29 is 0 Å². The molecule has 0 amide bonds. The molecule has 0 aromatic carbocycles. The molecule has 0 radical (unpaired) electrons. The highest BCUT2D eigenvalue weighted by Crippen LogP contribution is 2.34. The second-order valence-corrected chi connectivity index (χ2v) is 7.67. The van der Waals surface area contributed by atoms with Crippen LogP contribution in [0, 0.1) is 5.41 Å². The van der Waals surface area contributed by atoms with Gasteiger partial charge in [0.25, 0.3) is 0 Å². The number of thiazole rings is 1.